The molecule has 0 aliphatic heterocycles. The van der Waals surface area contributed by atoms with Gasteiger partial charge in [-0.25, -0.2) is 4.98 Å². The first-order chi connectivity index (χ1) is 12.8. The van der Waals surface area contributed by atoms with Gasteiger partial charge in [0, 0.05) is 0 Å². The normalized spacial score (nSPS) is 10.2. The van der Waals surface area contributed by atoms with E-state index < -0.39 is 0 Å². The predicted molar refractivity (Wildman–Crippen MR) is 101 cm³/mol. The predicted octanol–water partition coefficient (Wildman–Crippen LogP) is 5.50. The van der Waals surface area contributed by atoms with Crippen LogP contribution >= 0.6 is 11.3 Å². The van der Waals surface area contributed by atoms with Crippen molar-refractivity contribution in [3.8, 4) is 34.2 Å². The van der Waals surface area contributed by atoms with Crippen molar-refractivity contribution in [3.05, 3.63) is 77.9 Å². The molecule has 1 heterocycles. The van der Waals surface area contributed by atoms with Crippen LogP contribution in [0.1, 0.15) is 11.1 Å². The van der Waals surface area contributed by atoms with E-state index in [2.05, 4.69) is 4.98 Å². The summed E-state index contributed by atoms with van der Waals surface area (Å²) in [4.78, 5) is 4.69. The van der Waals surface area contributed by atoms with E-state index in [0.29, 0.717) is 22.6 Å². The maximum atomic E-state index is 9.19. The summed E-state index contributed by atoms with van der Waals surface area (Å²) < 4.78 is 7.12. The lowest BCUT2D eigenvalue weighted by molar-refractivity contribution is 0.484. The van der Waals surface area contributed by atoms with Gasteiger partial charge in [-0.05, 0) is 42.5 Å². The molecule has 4 nitrogen and oxygen atoms in total. The van der Waals surface area contributed by atoms with Crippen LogP contribution in [0.15, 0.2) is 66.7 Å². The van der Waals surface area contributed by atoms with E-state index >= 15 is 0 Å². The van der Waals surface area contributed by atoms with Crippen molar-refractivity contribution in [2.24, 2.45) is 0 Å². The summed E-state index contributed by atoms with van der Waals surface area (Å²) in [6.07, 6.45) is 0. The maximum Gasteiger partial charge on any atom is 0.137 e. The minimum absolute atomic E-state index is 0.294. The van der Waals surface area contributed by atoms with Crippen LogP contribution in [0, 0.1) is 22.7 Å². The highest BCUT2D eigenvalue weighted by molar-refractivity contribution is 7.21. The molecule has 0 fully saturated rings. The zero-order valence-corrected chi connectivity index (χ0v) is 14.3. The lowest BCUT2D eigenvalue weighted by Crippen LogP contribution is -1.90. The van der Waals surface area contributed by atoms with Crippen molar-refractivity contribution in [2.45, 2.75) is 0 Å². The number of para-hydroxylation sites is 2. The van der Waals surface area contributed by atoms with E-state index in [1.165, 1.54) is 0 Å². The number of aromatic nitrogens is 1. The third kappa shape index (κ3) is 2.88. The number of benzene rings is 3. The van der Waals surface area contributed by atoms with Gasteiger partial charge in [0.15, 0.2) is 0 Å². The van der Waals surface area contributed by atoms with Gasteiger partial charge in [0.1, 0.15) is 28.6 Å². The summed E-state index contributed by atoms with van der Waals surface area (Å²) in [5, 5.41) is 19.1. The zero-order valence-electron chi connectivity index (χ0n) is 13.5. The molecule has 0 bridgehead atoms. The fraction of sp³-hybridized carbons (Fsp3) is 0. The molecule has 4 aromatic rings. The molecule has 0 saturated heterocycles. The molecule has 0 spiro atoms. The molecule has 0 radical (unpaired) electrons. The highest BCUT2D eigenvalue weighted by Crippen LogP contribution is 2.37. The number of nitriles is 2. The SMILES string of the molecule is N#Cc1ccc(Oc2ccccc2-c2nc3ccccc3s2)cc1C#N. The first-order valence-electron chi connectivity index (χ1n) is 7.85. The van der Waals surface area contributed by atoms with Crippen molar-refractivity contribution >= 4 is 21.6 Å². The molecule has 3 aromatic carbocycles. The van der Waals surface area contributed by atoms with Gasteiger partial charge in [-0.1, -0.05) is 24.3 Å². The van der Waals surface area contributed by atoms with Crippen LogP contribution in [0.3, 0.4) is 0 Å². The van der Waals surface area contributed by atoms with Crippen LogP contribution in [0.4, 0.5) is 0 Å². The summed E-state index contributed by atoms with van der Waals surface area (Å²) in [7, 11) is 0. The van der Waals surface area contributed by atoms with E-state index in [-0.39, 0.29) is 0 Å². The van der Waals surface area contributed by atoms with Crippen molar-refractivity contribution in [1.29, 1.82) is 10.5 Å². The second kappa shape index (κ2) is 6.68. The van der Waals surface area contributed by atoms with Crippen molar-refractivity contribution in [1.82, 2.24) is 4.98 Å². The summed E-state index contributed by atoms with van der Waals surface area (Å²) in [5.74, 6) is 1.16. The molecule has 0 unspecified atom stereocenters. The molecule has 4 rings (SSSR count). The van der Waals surface area contributed by atoms with Gasteiger partial charge in [0.05, 0.1) is 26.9 Å². The summed E-state index contributed by atoms with van der Waals surface area (Å²) in [6.45, 7) is 0. The van der Waals surface area contributed by atoms with E-state index in [1.54, 1.807) is 29.5 Å². The molecule has 122 valence electrons. The van der Waals surface area contributed by atoms with E-state index in [4.69, 9.17) is 10.00 Å². The highest BCUT2D eigenvalue weighted by Gasteiger charge is 2.12. The van der Waals surface area contributed by atoms with Crippen LogP contribution in [-0.2, 0) is 0 Å². The molecule has 5 heteroatoms. The third-order valence-corrected chi connectivity index (χ3v) is 4.94. The monoisotopic (exact) mass is 353 g/mol. The molecule has 0 saturated carbocycles. The fourth-order valence-electron chi connectivity index (χ4n) is 2.62. The highest BCUT2D eigenvalue weighted by atomic mass is 32.1. The third-order valence-electron chi connectivity index (χ3n) is 3.87. The number of fused-ring (bicyclic) bond motifs is 1. The largest absolute Gasteiger partial charge is 0.457 e. The number of thiazole rings is 1. The van der Waals surface area contributed by atoms with E-state index in [9.17, 15) is 5.26 Å². The smallest absolute Gasteiger partial charge is 0.137 e. The number of ether oxygens (including phenoxy) is 1. The Kier molecular flexibility index (Phi) is 4.07. The zero-order chi connectivity index (χ0) is 17.9. The lowest BCUT2D eigenvalue weighted by Gasteiger charge is -2.10. The van der Waals surface area contributed by atoms with Crippen molar-refractivity contribution in [2.75, 3.05) is 0 Å². The molecule has 0 N–H and O–H groups in total. The molecule has 1 aromatic heterocycles. The van der Waals surface area contributed by atoms with Gasteiger partial charge in [-0.3, -0.25) is 0 Å². The molecule has 26 heavy (non-hydrogen) atoms. The molecule has 0 amide bonds. The molecular formula is C21H11N3OS. The fourth-order valence-corrected chi connectivity index (χ4v) is 3.62. The number of hydrogen-bond acceptors (Lipinski definition) is 5. The quantitative estimate of drug-likeness (QED) is 0.488. The van der Waals surface area contributed by atoms with Gasteiger partial charge in [-0.15, -0.1) is 11.3 Å². The van der Waals surface area contributed by atoms with Gasteiger partial charge in [-0.2, -0.15) is 10.5 Å². The topological polar surface area (TPSA) is 69.7 Å². The number of rotatable bonds is 3. The minimum atomic E-state index is 0.294. The summed E-state index contributed by atoms with van der Waals surface area (Å²) in [5.41, 5.74) is 2.46. The Hall–Kier alpha value is -3.67. The summed E-state index contributed by atoms with van der Waals surface area (Å²) in [6, 6.07) is 24.5. The van der Waals surface area contributed by atoms with Gasteiger partial charge >= 0.3 is 0 Å². The molecule has 0 aliphatic rings. The maximum absolute atomic E-state index is 9.19. The Morgan fingerprint density at radius 2 is 1.62 bits per heavy atom. The average Bonchev–Trinajstić information content (AvgIpc) is 3.12. The van der Waals surface area contributed by atoms with Gasteiger partial charge < -0.3 is 4.74 Å². The Morgan fingerprint density at radius 3 is 2.42 bits per heavy atom. The van der Waals surface area contributed by atoms with Gasteiger partial charge in [0.25, 0.3) is 0 Å². The van der Waals surface area contributed by atoms with Crippen LogP contribution < -0.4 is 4.74 Å². The Labute approximate surface area is 154 Å². The van der Waals surface area contributed by atoms with Crippen LogP contribution in [-0.4, -0.2) is 4.98 Å². The van der Waals surface area contributed by atoms with Crippen LogP contribution in [0.2, 0.25) is 0 Å². The standard InChI is InChI=1S/C21H11N3OS/c22-12-14-9-10-16(11-15(14)13-23)25-19-7-3-1-5-17(19)21-24-18-6-2-4-8-20(18)26-21/h1-11H. The van der Waals surface area contributed by atoms with Gasteiger partial charge in [0.2, 0.25) is 0 Å². The second-order valence-electron chi connectivity index (χ2n) is 5.52. The van der Waals surface area contributed by atoms with Crippen LogP contribution in [0.25, 0.3) is 20.8 Å². The Morgan fingerprint density at radius 1 is 0.846 bits per heavy atom. The van der Waals surface area contributed by atoms with Crippen LogP contribution in [0.5, 0.6) is 11.5 Å². The minimum Gasteiger partial charge on any atom is -0.457 e. The first-order valence-corrected chi connectivity index (χ1v) is 8.67. The molecule has 0 atom stereocenters. The van der Waals surface area contributed by atoms with E-state index in [0.717, 1.165) is 20.8 Å². The number of hydrogen-bond donors (Lipinski definition) is 0. The molecule has 0 aliphatic carbocycles. The van der Waals surface area contributed by atoms with Crippen molar-refractivity contribution in [3.63, 3.8) is 0 Å². The average molecular weight is 353 g/mol. The summed E-state index contributed by atoms with van der Waals surface area (Å²) >= 11 is 1.60. The second-order valence-corrected chi connectivity index (χ2v) is 6.55. The molecular weight excluding hydrogens is 342 g/mol. The Balaban J connectivity index is 1.75. The Bertz CT molecular complexity index is 1160. The first kappa shape index (κ1) is 15.8. The van der Waals surface area contributed by atoms with Crippen molar-refractivity contribution < 1.29 is 4.74 Å². The van der Waals surface area contributed by atoms with E-state index in [1.807, 2.05) is 60.7 Å². The number of nitrogens with zero attached hydrogens (tertiary/aromatic N) is 3. The lowest BCUT2D eigenvalue weighted by atomic mass is 10.1.